The summed E-state index contributed by atoms with van der Waals surface area (Å²) in [6.45, 7) is 4.62. The zero-order valence-corrected chi connectivity index (χ0v) is 22.0. The second kappa shape index (κ2) is 14.6. The largest absolute Gasteiger partial charge is 0.490 e. The van der Waals surface area contributed by atoms with Gasteiger partial charge in [0.15, 0.2) is 23.2 Å². The third kappa shape index (κ3) is 7.49. The van der Waals surface area contributed by atoms with E-state index < -0.39 is 23.3 Å². The molecule has 0 aromatic heterocycles. The first-order valence-corrected chi connectivity index (χ1v) is 14.1. The molecule has 1 fully saturated rings. The average Bonchev–Trinajstić information content (AvgIpc) is 2.89. The molecule has 1 nitrogen and oxygen atoms in total. The van der Waals surface area contributed by atoms with Crippen molar-refractivity contribution in [3.8, 4) is 16.9 Å². The molecule has 0 atom stereocenters. The molecule has 1 aliphatic rings. The molecule has 0 aliphatic heterocycles. The second-order valence-corrected chi connectivity index (χ2v) is 10.4. The van der Waals surface area contributed by atoms with Crippen LogP contribution in [0.2, 0.25) is 0 Å². The minimum atomic E-state index is -1.21. The molecular formula is C31H42F4O. The minimum Gasteiger partial charge on any atom is -0.490 e. The summed E-state index contributed by atoms with van der Waals surface area (Å²) in [7, 11) is 0. The van der Waals surface area contributed by atoms with Crippen molar-refractivity contribution in [2.24, 2.45) is 5.92 Å². The highest BCUT2D eigenvalue weighted by Crippen LogP contribution is 2.41. The predicted octanol–water partition coefficient (Wildman–Crippen LogP) is 10.5. The fraction of sp³-hybridized carbons (Fsp3) is 0.613. The first-order chi connectivity index (χ1) is 17.5. The summed E-state index contributed by atoms with van der Waals surface area (Å²) in [4.78, 5) is 0. The molecule has 36 heavy (non-hydrogen) atoms. The van der Waals surface area contributed by atoms with Gasteiger partial charge in [0.05, 0.1) is 6.61 Å². The molecule has 1 saturated carbocycles. The van der Waals surface area contributed by atoms with Crippen LogP contribution in [0.4, 0.5) is 17.6 Å². The van der Waals surface area contributed by atoms with Crippen LogP contribution in [0, 0.1) is 29.2 Å². The molecule has 0 saturated heterocycles. The van der Waals surface area contributed by atoms with E-state index in [9.17, 15) is 8.78 Å². The van der Waals surface area contributed by atoms with E-state index in [1.54, 1.807) is 6.07 Å². The number of benzene rings is 2. The van der Waals surface area contributed by atoms with E-state index in [1.807, 2.05) is 0 Å². The van der Waals surface area contributed by atoms with Crippen LogP contribution in [0.3, 0.4) is 0 Å². The van der Waals surface area contributed by atoms with Gasteiger partial charge in [-0.2, -0.15) is 4.39 Å². The lowest BCUT2D eigenvalue weighted by Gasteiger charge is -2.29. The van der Waals surface area contributed by atoms with Crippen molar-refractivity contribution in [2.45, 2.75) is 110 Å². The van der Waals surface area contributed by atoms with E-state index in [0.29, 0.717) is 11.5 Å². The van der Waals surface area contributed by atoms with Crippen LogP contribution in [0.15, 0.2) is 24.3 Å². The van der Waals surface area contributed by atoms with Crippen LogP contribution in [0.25, 0.3) is 11.1 Å². The molecule has 5 heteroatoms. The standard InChI is InChI=1S/C31H42F4O/c1-3-5-7-9-11-21-36-27-20-19-26(30(34)31(27)35)25-18-17-24(28(32)29(25)33)23-15-13-22(14-16-23)12-10-8-6-4-2/h17-20,22-23H,3-16,21H2,1-2H3. The van der Waals surface area contributed by atoms with Crippen LogP contribution in [-0.2, 0) is 0 Å². The van der Waals surface area contributed by atoms with Gasteiger partial charge < -0.3 is 4.74 Å². The van der Waals surface area contributed by atoms with Crippen LogP contribution in [-0.4, -0.2) is 6.61 Å². The van der Waals surface area contributed by atoms with E-state index in [-0.39, 0.29) is 29.4 Å². The molecule has 2 aromatic carbocycles. The molecule has 0 amide bonds. The maximum Gasteiger partial charge on any atom is 0.201 e. The number of unbranched alkanes of at least 4 members (excludes halogenated alkanes) is 7. The highest BCUT2D eigenvalue weighted by molar-refractivity contribution is 5.66. The monoisotopic (exact) mass is 506 g/mol. The van der Waals surface area contributed by atoms with E-state index in [1.165, 1.54) is 50.3 Å². The second-order valence-electron chi connectivity index (χ2n) is 10.4. The molecule has 3 rings (SSSR count). The van der Waals surface area contributed by atoms with Crippen LogP contribution in [0.5, 0.6) is 5.75 Å². The molecule has 2 aromatic rings. The van der Waals surface area contributed by atoms with Crippen molar-refractivity contribution in [2.75, 3.05) is 6.61 Å². The van der Waals surface area contributed by atoms with Crippen molar-refractivity contribution in [1.82, 2.24) is 0 Å². The average molecular weight is 507 g/mol. The fourth-order valence-electron chi connectivity index (χ4n) is 5.45. The number of hydrogen-bond acceptors (Lipinski definition) is 1. The summed E-state index contributed by atoms with van der Waals surface area (Å²) >= 11 is 0. The molecule has 1 aliphatic carbocycles. The molecule has 0 N–H and O–H groups in total. The lowest BCUT2D eigenvalue weighted by molar-refractivity contribution is 0.285. The molecule has 200 valence electrons. The van der Waals surface area contributed by atoms with Gasteiger partial charge in [0.1, 0.15) is 0 Å². The smallest absolute Gasteiger partial charge is 0.201 e. The summed E-state index contributed by atoms with van der Waals surface area (Å²) in [5, 5.41) is 0. The van der Waals surface area contributed by atoms with Gasteiger partial charge in [0.25, 0.3) is 0 Å². The van der Waals surface area contributed by atoms with Gasteiger partial charge in [-0.3, -0.25) is 0 Å². The Labute approximate surface area is 214 Å². The van der Waals surface area contributed by atoms with Gasteiger partial charge in [-0.05, 0) is 61.6 Å². The molecule has 0 heterocycles. The van der Waals surface area contributed by atoms with Gasteiger partial charge in [-0.1, -0.05) is 83.8 Å². The lowest BCUT2D eigenvalue weighted by atomic mass is 9.76. The minimum absolute atomic E-state index is 0.0323. The molecule has 0 bridgehead atoms. The van der Waals surface area contributed by atoms with Gasteiger partial charge in [0.2, 0.25) is 5.82 Å². The summed E-state index contributed by atoms with van der Waals surface area (Å²) in [6, 6.07) is 5.51. The molecule has 0 spiro atoms. The van der Waals surface area contributed by atoms with E-state index in [0.717, 1.165) is 57.8 Å². The maximum absolute atomic E-state index is 15.1. The normalized spacial score (nSPS) is 17.9. The molecular weight excluding hydrogens is 464 g/mol. The van der Waals surface area contributed by atoms with Crippen molar-refractivity contribution in [3.05, 3.63) is 53.1 Å². The maximum atomic E-state index is 15.1. The molecule has 0 unspecified atom stereocenters. The third-order valence-corrected chi connectivity index (χ3v) is 7.71. The van der Waals surface area contributed by atoms with Gasteiger partial charge >= 0.3 is 0 Å². The Morgan fingerprint density at radius 2 is 1.22 bits per heavy atom. The Morgan fingerprint density at radius 1 is 0.639 bits per heavy atom. The Kier molecular flexibility index (Phi) is 11.6. The van der Waals surface area contributed by atoms with E-state index in [4.69, 9.17) is 4.74 Å². The van der Waals surface area contributed by atoms with Crippen molar-refractivity contribution >= 4 is 0 Å². The number of rotatable bonds is 14. The van der Waals surface area contributed by atoms with E-state index in [2.05, 4.69) is 13.8 Å². The van der Waals surface area contributed by atoms with E-state index >= 15 is 8.78 Å². The zero-order chi connectivity index (χ0) is 25.9. The number of ether oxygens (including phenoxy) is 1. The predicted molar refractivity (Wildman–Crippen MR) is 139 cm³/mol. The highest BCUT2D eigenvalue weighted by atomic mass is 19.2. The topological polar surface area (TPSA) is 9.23 Å². The van der Waals surface area contributed by atoms with Crippen molar-refractivity contribution in [1.29, 1.82) is 0 Å². The zero-order valence-electron chi connectivity index (χ0n) is 22.0. The highest BCUT2D eigenvalue weighted by Gasteiger charge is 2.27. The summed E-state index contributed by atoms with van der Waals surface area (Å²) in [5.41, 5.74) is -0.200. The SMILES string of the molecule is CCCCCCCOc1ccc(-c2ccc(C3CCC(CCCCCC)CC3)c(F)c2F)c(F)c1F. The van der Waals surface area contributed by atoms with Gasteiger partial charge in [-0.15, -0.1) is 0 Å². The quantitative estimate of drug-likeness (QED) is 0.183. The first kappa shape index (κ1) is 28.5. The van der Waals surface area contributed by atoms with Crippen molar-refractivity contribution in [3.63, 3.8) is 0 Å². The molecule has 0 radical (unpaired) electrons. The number of halogens is 4. The summed E-state index contributed by atoms with van der Waals surface area (Å²) in [5.74, 6) is -4.00. The first-order valence-electron chi connectivity index (χ1n) is 14.1. The Balaban J connectivity index is 1.63. The van der Waals surface area contributed by atoms with Gasteiger partial charge in [-0.25, -0.2) is 13.2 Å². The third-order valence-electron chi connectivity index (χ3n) is 7.71. The lowest BCUT2D eigenvalue weighted by Crippen LogP contribution is -2.15. The summed E-state index contributed by atoms with van der Waals surface area (Å²) in [6.07, 6.45) is 15.0. The fourth-order valence-corrected chi connectivity index (χ4v) is 5.45. The Morgan fingerprint density at radius 3 is 1.89 bits per heavy atom. The van der Waals surface area contributed by atoms with Crippen LogP contribution in [0.1, 0.15) is 115 Å². The van der Waals surface area contributed by atoms with Crippen LogP contribution >= 0.6 is 0 Å². The van der Waals surface area contributed by atoms with Crippen molar-refractivity contribution < 1.29 is 22.3 Å². The summed E-state index contributed by atoms with van der Waals surface area (Å²) < 4.78 is 65.1. The number of hydrogen-bond donors (Lipinski definition) is 0. The van der Waals surface area contributed by atoms with Gasteiger partial charge in [0, 0.05) is 11.1 Å². The van der Waals surface area contributed by atoms with Crippen LogP contribution < -0.4 is 4.74 Å². The Hall–Kier alpha value is -2.04. The Bertz CT molecular complexity index is 950.